The van der Waals surface area contributed by atoms with E-state index in [-0.39, 0.29) is 24.2 Å². The molecule has 0 saturated heterocycles. The zero-order chi connectivity index (χ0) is 19.1. The second-order valence-electron chi connectivity index (χ2n) is 5.85. The van der Waals surface area contributed by atoms with Crippen molar-refractivity contribution in [1.82, 2.24) is 5.32 Å². The molecule has 0 aliphatic carbocycles. The van der Waals surface area contributed by atoms with E-state index in [1.165, 1.54) is 13.2 Å². The summed E-state index contributed by atoms with van der Waals surface area (Å²) in [6.07, 6.45) is 0. The lowest BCUT2D eigenvalue weighted by atomic mass is 10.1. The van der Waals surface area contributed by atoms with Crippen molar-refractivity contribution in [3.8, 4) is 11.5 Å². The molecular weight excluding hydrogens is 407 g/mol. The number of carbonyl (C=O) groups excluding carboxylic acids is 1. The van der Waals surface area contributed by atoms with Crippen molar-refractivity contribution in [2.45, 2.75) is 11.8 Å². The summed E-state index contributed by atoms with van der Waals surface area (Å²) in [7, 11) is 3.15. The molecule has 0 saturated carbocycles. The van der Waals surface area contributed by atoms with Crippen LogP contribution in [0.1, 0.15) is 17.3 Å². The normalized spacial score (nSPS) is 11.3. The zero-order valence-corrected chi connectivity index (χ0v) is 17.8. The summed E-state index contributed by atoms with van der Waals surface area (Å²) in [6.45, 7) is 2.61. The number of nitrogens with one attached hydrogen (secondary N) is 1. The van der Waals surface area contributed by atoms with Crippen LogP contribution in [-0.4, -0.2) is 32.4 Å². The van der Waals surface area contributed by atoms with E-state index in [0.29, 0.717) is 28.6 Å². The monoisotopic (exact) mass is 430 g/mol. The maximum absolute atomic E-state index is 12.4. The van der Waals surface area contributed by atoms with Gasteiger partial charge in [-0.25, -0.2) is 0 Å². The third-order valence-electron chi connectivity index (χ3n) is 3.77. The van der Waals surface area contributed by atoms with Crippen LogP contribution >= 0.6 is 35.8 Å². The molecule has 0 bridgehead atoms. The minimum Gasteiger partial charge on any atom is -0.496 e. The molecule has 5 nitrogen and oxygen atoms in total. The van der Waals surface area contributed by atoms with Crippen LogP contribution in [0.15, 0.2) is 41.3 Å². The second kappa shape index (κ2) is 11.2. The Kier molecular flexibility index (Phi) is 9.63. The molecule has 27 heavy (non-hydrogen) atoms. The molecule has 0 radical (unpaired) electrons. The van der Waals surface area contributed by atoms with Crippen LogP contribution in [0.3, 0.4) is 0 Å². The lowest BCUT2D eigenvalue weighted by Crippen LogP contribution is -2.29. The van der Waals surface area contributed by atoms with Gasteiger partial charge in [0.1, 0.15) is 11.5 Å². The fourth-order valence-electron chi connectivity index (χ4n) is 2.31. The zero-order valence-electron chi connectivity index (χ0n) is 15.5. The number of anilines is 1. The van der Waals surface area contributed by atoms with Crippen molar-refractivity contribution < 1.29 is 14.3 Å². The average molecular weight is 431 g/mol. The maximum Gasteiger partial charge on any atom is 0.255 e. The Hall–Kier alpha value is -1.76. The summed E-state index contributed by atoms with van der Waals surface area (Å²) in [4.78, 5) is 13.5. The molecule has 148 valence electrons. The molecule has 1 unspecified atom stereocenters. The topological polar surface area (TPSA) is 73.6 Å². The molecule has 3 N–H and O–H groups in total. The van der Waals surface area contributed by atoms with Crippen molar-refractivity contribution in [3.05, 3.63) is 47.0 Å². The van der Waals surface area contributed by atoms with E-state index in [9.17, 15) is 4.79 Å². The van der Waals surface area contributed by atoms with E-state index in [2.05, 4.69) is 12.2 Å². The number of hydrogen-bond acceptors (Lipinski definition) is 5. The van der Waals surface area contributed by atoms with Gasteiger partial charge >= 0.3 is 0 Å². The fraction of sp³-hybridized carbons (Fsp3) is 0.316. The quantitative estimate of drug-likeness (QED) is 0.475. The SMILES string of the molecule is COc1ccccc1SCC(C)CNC(=O)c1cc(Cl)c(N)cc1OC.Cl. The highest BCUT2D eigenvalue weighted by Gasteiger charge is 2.16. The molecule has 2 aromatic carbocycles. The van der Waals surface area contributed by atoms with Crippen LogP contribution in [0.4, 0.5) is 5.69 Å². The third kappa shape index (κ3) is 6.41. The van der Waals surface area contributed by atoms with E-state index in [4.69, 9.17) is 26.8 Å². The molecule has 0 aliphatic rings. The molecule has 8 heteroatoms. The second-order valence-corrected chi connectivity index (χ2v) is 7.32. The molecule has 0 heterocycles. The lowest BCUT2D eigenvalue weighted by molar-refractivity contribution is 0.0946. The predicted octanol–water partition coefficient (Wildman–Crippen LogP) is 4.52. The van der Waals surface area contributed by atoms with E-state index < -0.39 is 0 Å². The first kappa shape index (κ1) is 23.3. The van der Waals surface area contributed by atoms with Crippen molar-refractivity contribution in [1.29, 1.82) is 0 Å². The predicted molar refractivity (Wildman–Crippen MR) is 115 cm³/mol. The Morgan fingerprint density at radius 2 is 1.89 bits per heavy atom. The molecule has 1 amide bonds. The number of halogens is 2. The number of carbonyl (C=O) groups is 1. The van der Waals surface area contributed by atoms with Gasteiger partial charge in [0.25, 0.3) is 5.91 Å². The summed E-state index contributed by atoms with van der Waals surface area (Å²) >= 11 is 7.72. The lowest BCUT2D eigenvalue weighted by Gasteiger charge is -2.15. The van der Waals surface area contributed by atoms with Crippen molar-refractivity contribution in [2.75, 3.05) is 32.3 Å². The summed E-state index contributed by atoms with van der Waals surface area (Å²) in [5, 5.41) is 3.25. The van der Waals surface area contributed by atoms with E-state index in [1.54, 1.807) is 24.9 Å². The average Bonchev–Trinajstić information content (AvgIpc) is 2.66. The number of ether oxygens (including phenoxy) is 2. The molecular formula is C19H24Cl2N2O3S. The van der Waals surface area contributed by atoms with Gasteiger partial charge in [-0.1, -0.05) is 30.7 Å². The smallest absolute Gasteiger partial charge is 0.255 e. The van der Waals surface area contributed by atoms with Gasteiger partial charge in [-0.2, -0.15) is 0 Å². The first-order chi connectivity index (χ1) is 12.5. The van der Waals surface area contributed by atoms with Crippen molar-refractivity contribution in [3.63, 3.8) is 0 Å². The number of para-hydroxylation sites is 1. The number of thioether (sulfide) groups is 1. The number of rotatable bonds is 8. The van der Waals surface area contributed by atoms with Crippen molar-refractivity contribution >= 4 is 47.4 Å². The summed E-state index contributed by atoms with van der Waals surface area (Å²) in [5.41, 5.74) is 6.50. The van der Waals surface area contributed by atoms with Crippen LogP contribution in [0.25, 0.3) is 0 Å². The first-order valence-electron chi connectivity index (χ1n) is 8.13. The highest BCUT2D eigenvalue weighted by atomic mass is 35.5. The van der Waals surface area contributed by atoms with E-state index in [0.717, 1.165) is 16.4 Å². The third-order valence-corrected chi connectivity index (χ3v) is 5.48. The number of amides is 1. The highest BCUT2D eigenvalue weighted by molar-refractivity contribution is 7.99. The van der Waals surface area contributed by atoms with Gasteiger partial charge in [0.2, 0.25) is 0 Å². The van der Waals surface area contributed by atoms with Crippen LogP contribution in [0.5, 0.6) is 11.5 Å². The Morgan fingerprint density at radius 1 is 1.22 bits per heavy atom. The molecule has 0 fully saturated rings. The minimum atomic E-state index is -0.238. The van der Waals surface area contributed by atoms with Gasteiger partial charge in [0, 0.05) is 23.3 Å². The number of nitrogen functional groups attached to an aromatic ring is 1. The molecule has 1 atom stereocenters. The Balaban J connectivity index is 0.00000364. The summed E-state index contributed by atoms with van der Waals surface area (Å²) in [6, 6.07) is 11.0. The molecule has 0 aromatic heterocycles. The van der Waals surface area contributed by atoms with Crippen LogP contribution in [0, 0.1) is 5.92 Å². The Morgan fingerprint density at radius 3 is 2.56 bits per heavy atom. The molecule has 2 rings (SSSR count). The van der Waals surface area contributed by atoms with Gasteiger partial charge in [0.15, 0.2) is 0 Å². The number of methoxy groups -OCH3 is 2. The first-order valence-corrected chi connectivity index (χ1v) is 9.49. The van der Waals surface area contributed by atoms with Gasteiger partial charge in [0.05, 0.1) is 30.5 Å². The van der Waals surface area contributed by atoms with Crippen LogP contribution in [0.2, 0.25) is 5.02 Å². The van der Waals surface area contributed by atoms with Gasteiger partial charge in [-0.15, -0.1) is 24.2 Å². The Labute approximate surface area is 175 Å². The van der Waals surface area contributed by atoms with Gasteiger partial charge < -0.3 is 20.5 Å². The standard InChI is InChI=1S/C19H23ClN2O3S.ClH/c1-12(11-26-18-7-5-4-6-16(18)24-2)10-22-19(23)13-8-14(20)15(21)9-17(13)25-3;/h4-9,12H,10-11,21H2,1-3H3,(H,22,23);1H. The number of benzene rings is 2. The summed E-state index contributed by atoms with van der Waals surface area (Å²) in [5.74, 6) is 2.14. The maximum atomic E-state index is 12.4. The largest absolute Gasteiger partial charge is 0.496 e. The van der Waals surface area contributed by atoms with Gasteiger partial charge in [-0.05, 0) is 24.1 Å². The van der Waals surface area contributed by atoms with Crippen LogP contribution < -0.4 is 20.5 Å². The minimum absolute atomic E-state index is 0. The van der Waals surface area contributed by atoms with Crippen LogP contribution in [-0.2, 0) is 0 Å². The Bertz CT molecular complexity index is 775. The number of nitrogens with two attached hydrogens (primary N) is 1. The van der Waals surface area contributed by atoms with Gasteiger partial charge in [-0.3, -0.25) is 4.79 Å². The number of hydrogen-bond donors (Lipinski definition) is 2. The molecule has 2 aromatic rings. The van der Waals surface area contributed by atoms with Crippen molar-refractivity contribution in [2.24, 2.45) is 5.92 Å². The van der Waals surface area contributed by atoms with E-state index in [1.807, 2.05) is 24.3 Å². The molecule has 0 aliphatic heterocycles. The summed E-state index contributed by atoms with van der Waals surface area (Å²) < 4.78 is 10.6. The fourth-order valence-corrected chi connectivity index (χ4v) is 3.52. The molecule has 0 spiro atoms. The van der Waals surface area contributed by atoms with E-state index >= 15 is 0 Å². The highest BCUT2D eigenvalue weighted by Crippen LogP contribution is 2.30.